The summed E-state index contributed by atoms with van der Waals surface area (Å²) in [5.74, 6) is -0.471. The summed E-state index contributed by atoms with van der Waals surface area (Å²) in [4.78, 5) is 26.4. The quantitative estimate of drug-likeness (QED) is 0.485. The predicted octanol–water partition coefficient (Wildman–Crippen LogP) is 2.96. The lowest BCUT2D eigenvalue weighted by Gasteiger charge is -2.29. The zero-order valence-corrected chi connectivity index (χ0v) is 17.2. The van der Waals surface area contributed by atoms with Crippen molar-refractivity contribution in [3.8, 4) is 5.75 Å². The maximum absolute atomic E-state index is 15.3. The van der Waals surface area contributed by atoms with Crippen LogP contribution in [0.5, 0.6) is 5.75 Å². The molecule has 5 rings (SSSR count). The number of hydrogen-bond donors (Lipinski definition) is 2. The lowest BCUT2D eigenvalue weighted by atomic mass is 10.0. The smallest absolute Gasteiger partial charge is 0.202 e. The number of anilines is 3. The van der Waals surface area contributed by atoms with Gasteiger partial charge < -0.3 is 25.3 Å². The zero-order valence-electron chi connectivity index (χ0n) is 17.2. The van der Waals surface area contributed by atoms with Gasteiger partial charge in [0.2, 0.25) is 5.43 Å². The number of aromatic nitrogens is 1. The number of halogens is 1. The van der Waals surface area contributed by atoms with Crippen LogP contribution in [0.25, 0.3) is 10.9 Å². The molecule has 3 aromatic rings. The van der Waals surface area contributed by atoms with Crippen LogP contribution < -0.4 is 26.1 Å². The van der Waals surface area contributed by atoms with Crippen LogP contribution in [0.15, 0.2) is 35.3 Å². The van der Waals surface area contributed by atoms with Gasteiger partial charge in [0.25, 0.3) is 0 Å². The molecule has 0 fully saturated rings. The van der Waals surface area contributed by atoms with E-state index in [0.29, 0.717) is 31.5 Å². The van der Waals surface area contributed by atoms with Crippen LogP contribution in [0.3, 0.4) is 0 Å². The molecule has 3 heterocycles. The summed E-state index contributed by atoms with van der Waals surface area (Å²) in [7, 11) is 0. The highest BCUT2D eigenvalue weighted by Crippen LogP contribution is 2.43. The number of fused-ring (bicyclic) bond motifs is 1. The Morgan fingerprint density at radius 3 is 2.97 bits per heavy atom. The molecule has 31 heavy (non-hydrogen) atoms. The summed E-state index contributed by atoms with van der Waals surface area (Å²) in [6.45, 7) is 4.26. The van der Waals surface area contributed by atoms with E-state index in [9.17, 15) is 9.59 Å². The molecule has 0 unspecified atom stereocenters. The van der Waals surface area contributed by atoms with Crippen LogP contribution >= 0.6 is 0 Å². The van der Waals surface area contributed by atoms with Gasteiger partial charge in [-0.25, -0.2) is 4.39 Å². The Kier molecular flexibility index (Phi) is 4.57. The third kappa shape index (κ3) is 2.93. The predicted molar refractivity (Wildman–Crippen MR) is 119 cm³/mol. The Labute approximate surface area is 178 Å². The van der Waals surface area contributed by atoms with Gasteiger partial charge in [-0.3, -0.25) is 9.59 Å². The maximum Gasteiger partial charge on any atom is 0.202 e. The minimum atomic E-state index is -0.731. The van der Waals surface area contributed by atoms with Gasteiger partial charge >= 0.3 is 0 Å². The molecule has 2 aliphatic rings. The van der Waals surface area contributed by atoms with Crippen molar-refractivity contribution in [3.63, 3.8) is 0 Å². The number of benzene rings is 2. The monoisotopic (exact) mass is 422 g/mol. The fourth-order valence-corrected chi connectivity index (χ4v) is 4.57. The number of ether oxygens (including phenoxy) is 1. The molecule has 2 aromatic carbocycles. The molecule has 0 spiro atoms. The van der Waals surface area contributed by atoms with Crippen LogP contribution in [0.1, 0.15) is 28.9 Å². The number of rotatable bonds is 5. The van der Waals surface area contributed by atoms with E-state index in [-0.39, 0.29) is 34.1 Å². The first-order valence-electron chi connectivity index (χ1n) is 10.4. The van der Waals surface area contributed by atoms with Crippen molar-refractivity contribution in [2.75, 3.05) is 42.2 Å². The van der Waals surface area contributed by atoms with Crippen LogP contribution in [0.2, 0.25) is 0 Å². The lowest BCUT2D eigenvalue weighted by molar-refractivity contribution is 0.112. The average Bonchev–Trinajstić information content (AvgIpc) is 3.19. The highest BCUT2D eigenvalue weighted by Gasteiger charge is 2.29. The van der Waals surface area contributed by atoms with Crippen molar-refractivity contribution in [2.24, 2.45) is 0 Å². The van der Waals surface area contributed by atoms with Gasteiger partial charge in [0.15, 0.2) is 17.9 Å². The Morgan fingerprint density at radius 2 is 2.16 bits per heavy atom. The molecule has 2 aliphatic heterocycles. The van der Waals surface area contributed by atoms with Gasteiger partial charge in [0, 0.05) is 31.5 Å². The Morgan fingerprint density at radius 1 is 1.35 bits per heavy atom. The zero-order chi connectivity index (χ0) is 21.7. The third-order valence-corrected chi connectivity index (χ3v) is 6.17. The summed E-state index contributed by atoms with van der Waals surface area (Å²) < 4.78 is 22.9. The molecule has 160 valence electrons. The number of carbonyl (C=O) groups excluding carboxylic acids is 1. The average molecular weight is 422 g/mol. The van der Waals surface area contributed by atoms with Crippen LogP contribution in [0.4, 0.5) is 21.5 Å². The molecular formula is C23H23FN4O3. The molecule has 8 heteroatoms. The first kappa shape index (κ1) is 19.4. The number of para-hydroxylation sites is 1. The summed E-state index contributed by atoms with van der Waals surface area (Å²) in [6.07, 6.45) is 2.96. The van der Waals surface area contributed by atoms with Crippen molar-refractivity contribution < 1.29 is 13.9 Å². The van der Waals surface area contributed by atoms with Crippen LogP contribution in [0, 0.1) is 5.82 Å². The fourth-order valence-electron chi connectivity index (χ4n) is 4.57. The summed E-state index contributed by atoms with van der Waals surface area (Å²) in [5.41, 5.74) is 8.22. The molecule has 0 saturated heterocycles. The minimum Gasteiger partial charge on any atom is -0.487 e. The summed E-state index contributed by atoms with van der Waals surface area (Å²) in [6, 6.07) is 8.13. The SMILES string of the molecule is C[C@H]1COc2c(NCCN3CCc4ccccc43)c(F)c(N)c3c(=O)c(C=O)cn1c23. The van der Waals surface area contributed by atoms with Gasteiger partial charge in [-0.1, -0.05) is 18.2 Å². The number of pyridine rings is 1. The van der Waals surface area contributed by atoms with E-state index in [4.69, 9.17) is 10.5 Å². The first-order chi connectivity index (χ1) is 15.0. The second-order valence-electron chi connectivity index (χ2n) is 8.05. The standard InChI is InChI=1S/C23H23FN4O3/c1-13-12-31-23-20(26-7-9-27-8-6-14-4-2-3-5-16(14)27)18(24)19(25)17-21(23)28(13)10-15(11-29)22(17)30/h2-5,10-11,13,26H,6-9,12,25H2,1H3/t13-/m0/s1. The molecule has 0 bridgehead atoms. The van der Waals surface area contributed by atoms with Crippen LogP contribution in [-0.4, -0.2) is 37.1 Å². The van der Waals surface area contributed by atoms with Crippen molar-refractivity contribution in [3.05, 3.63) is 57.6 Å². The summed E-state index contributed by atoms with van der Waals surface area (Å²) >= 11 is 0. The number of nitrogens with zero attached hydrogens (tertiary/aromatic N) is 2. The Balaban J connectivity index is 1.52. The molecular weight excluding hydrogens is 399 g/mol. The normalized spacial score (nSPS) is 16.8. The number of hydrogen-bond acceptors (Lipinski definition) is 6. The van der Waals surface area contributed by atoms with Crippen molar-refractivity contribution in [1.82, 2.24) is 4.57 Å². The maximum atomic E-state index is 15.3. The van der Waals surface area contributed by atoms with Gasteiger partial charge in [-0.05, 0) is 25.0 Å². The van der Waals surface area contributed by atoms with E-state index in [1.807, 2.05) is 19.1 Å². The Hall–Kier alpha value is -3.55. The van der Waals surface area contributed by atoms with E-state index < -0.39 is 11.2 Å². The topological polar surface area (TPSA) is 89.6 Å². The van der Waals surface area contributed by atoms with E-state index in [1.54, 1.807) is 4.57 Å². The second-order valence-corrected chi connectivity index (χ2v) is 8.05. The lowest BCUT2D eigenvalue weighted by Crippen LogP contribution is -2.29. The summed E-state index contributed by atoms with van der Waals surface area (Å²) in [5, 5.41) is 3.13. The van der Waals surface area contributed by atoms with E-state index in [1.165, 1.54) is 17.4 Å². The molecule has 1 aromatic heterocycles. The molecule has 0 aliphatic carbocycles. The molecule has 0 radical (unpaired) electrons. The van der Waals surface area contributed by atoms with E-state index in [0.717, 1.165) is 13.0 Å². The second kappa shape index (κ2) is 7.30. The van der Waals surface area contributed by atoms with Gasteiger partial charge in [0.1, 0.15) is 12.3 Å². The molecule has 0 saturated carbocycles. The highest BCUT2D eigenvalue weighted by molar-refractivity contribution is 6.02. The van der Waals surface area contributed by atoms with Crippen molar-refractivity contribution >= 4 is 34.3 Å². The van der Waals surface area contributed by atoms with Crippen molar-refractivity contribution in [2.45, 2.75) is 19.4 Å². The van der Waals surface area contributed by atoms with E-state index in [2.05, 4.69) is 22.3 Å². The minimum absolute atomic E-state index is 0.0114. The number of carbonyl (C=O) groups is 1. The number of nitrogen functional groups attached to an aromatic ring is 1. The third-order valence-electron chi connectivity index (χ3n) is 6.17. The number of nitrogens with two attached hydrogens (primary N) is 1. The van der Waals surface area contributed by atoms with E-state index >= 15 is 4.39 Å². The molecule has 1 atom stereocenters. The number of aldehydes is 1. The highest BCUT2D eigenvalue weighted by atomic mass is 19.1. The van der Waals surface area contributed by atoms with Gasteiger partial charge in [0.05, 0.1) is 28.2 Å². The number of nitrogens with one attached hydrogen (secondary N) is 1. The fraction of sp³-hybridized carbons (Fsp3) is 0.304. The van der Waals surface area contributed by atoms with Crippen molar-refractivity contribution in [1.29, 1.82) is 0 Å². The van der Waals surface area contributed by atoms with Crippen LogP contribution in [-0.2, 0) is 6.42 Å². The largest absolute Gasteiger partial charge is 0.487 e. The van der Waals surface area contributed by atoms with Gasteiger partial charge in [-0.2, -0.15) is 0 Å². The molecule has 3 N–H and O–H groups in total. The van der Waals surface area contributed by atoms with Gasteiger partial charge in [-0.15, -0.1) is 0 Å². The Bertz CT molecular complexity index is 1270. The molecule has 0 amide bonds. The first-order valence-corrected chi connectivity index (χ1v) is 10.4. The molecule has 7 nitrogen and oxygen atoms in total.